The first kappa shape index (κ1) is 24.5. The molecule has 1 amide bonds. The zero-order chi connectivity index (χ0) is 25.9. The van der Waals surface area contributed by atoms with Crippen LogP contribution in [-0.4, -0.2) is 51.2 Å². The molecule has 6 heteroatoms. The molecule has 1 fully saturated rings. The number of hydrogen-bond donors (Lipinski definition) is 0. The van der Waals surface area contributed by atoms with E-state index in [2.05, 4.69) is 36.1 Å². The quantitative estimate of drug-likeness (QED) is 0.299. The highest BCUT2D eigenvalue weighted by molar-refractivity contribution is 6.01. The third kappa shape index (κ3) is 4.92. The summed E-state index contributed by atoms with van der Waals surface area (Å²) in [4.78, 5) is 17.5. The molecule has 0 spiro atoms. The second-order valence-electron chi connectivity index (χ2n) is 9.38. The average Bonchev–Trinajstić information content (AvgIpc) is 3.35. The lowest BCUT2D eigenvalue weighted by molar-refractivity contribution is -0.126. The lowest BCUT2D eigenvalue weighted by atomic mass is 9.98. The highest BCUT2D eigenvalue weighted by Gasteiger charge is 2.22. The van der Waals surface area contributed by atoms with Crippen LogP contribution in [0.5, 0.6) is 11.5 Å². The van der Waals surface area contributed by atoms with Gasteiger partial charge in [0.2, 0.25) is 5.91 Å². The molecule has 1 aromatic heterocycles. The van der Waals surface area contributed by atoms with Gasteiger partial charge in [-0.15, -0.1) is 0 Å². The van der Waals surface area contributed by atoms with Gasteiger partial charge in [0.25, 0.3) is 0 Å². The summed E-state index contributed by atoms with van der Waals surface area (Å²) >= 11 is 0. The van der Waals surface area contributed by atoms with E-state index in [1.807, 2.05) is 48.2 Å². The van der Waals surface area contributed by atoms with Crippen LogP contribution in [0.25, 0.3) is 27.7 Å². The number of benzene rings is 3. The van der Waals surface area contributed by atoms with Gasteiger partial charge in [-0.2, -0.15) is 0 Å². The molecule has 1 saturated heterocycles. The van der Waals surface area contributed by atoms with Gasteiger partial charge in [-0.25, -0.2) is 0 Å². The van der Waals surface area contributed by atoms with Crippen molar-refractivity contribution >= 4 is 28.1 Å². The second kappa shape index (κ2) is 10.4. The molecule has 1 aliphatic rings. The molecule has 3 aromatic carbocycles. The molecule has 0 atom stereocenters. The zero-order valence-electron chi connectivity index (χ0n) is 21.8. The molecule has 2 heterocycles. The molecule has 0 bridgehead atoms. The van der Waals surface area contributed by atoms with Crippen LogP contribution in [0, 0.1) is 6.92 Å². The zero-order valence-corrected chi connectivity index (χ0v) is 21.8. The highest BCUT2D eigenvalue weighted by atomic mass is 16.5. The molecule has 0 unspecified atom stereocenters. The Morgan fingerprint density at radius 2 is 1.65 bits per heavy atom. The number of nitrogens with zero attached hydrogens (tertiary/aromatic N) is 2. The molecule has 5 rings (SSSR count). The molecule has 0 N–H and O–H groups in total. The SMILES string of the molecule is COc1cc2occ(-c3ccccc3OC)c2cc1/C(C)=C/C(=O)N1CCN(c2cccc(C)c2)CC1. The minimum Gasteiger partial charge on any atom is -0.496 e. The van der Waals surface area contributed by atoms with Crippen molar-refractivity contribution < 1.29 is 18.7 Å². The predicted octanol–water partition coefficient (Wildman–Crippen LogP) is 6.18. The van der Waals surface area contributed by atoms with Crippen molar-refractivity contribution in [1.82, 2.24) is 4.90 Å². The summed E-state index contributed by atoms with van der Waals surface area (Å²) < 4.78 is 17.1. The third-order valence-corrected chi connectivity index (χ3v) is 7.02. The van der Waals surface area contributed by atoms with E-state index in [-0.39, 0.29) is 5.91 Å². The Labute approximate surface area is 217 Å². The van der Waals surface area contributed by atoms with Crippen LogP contribution in [0.2, 0.25) is 0 Å². The molecule has 4 aromatic rings. The number of carbonyl (C=O) groups is 1. The summed E-state index contributed by atoms with van der Waals surface area (Å²) in [5.41, 5.74) is 6.76. The van der Waals surface area contributed by atoms with E-state index < -0.39 is 0 Å². The van der Waals surface area contributed by atoms with Crippen LogP contribution in [0.4, 0.5) is 5.69 Å². The van der Waals surface area contributed by atoms with E-state index in [4.69, 9.17) is 13.9 Å². The Bertz CT molecular complexity index is 1460. The molecule has 6 nitrogen and oxygen atoms in total. The Balaban J connectivity index is 1.40. The minimum atomic E-state index is 0.0145. The topological polar surface area (TPSA) is 55.2 Å². The minimum absolute atomic E-state index is 0.0145. The highest BCUT2D eigenvalue weighted by Crippen LogP contribution is 2.40. The van der Waals surface area contributed by atoms with Gasteiger partial charge < -0.3 is 23.7 Å². The van der Waals surface area contributed by atoms with Crippen molar-refractivity contribution in [2.75, 3.05) is 45.3 Å². The van der Waals surface area contributed by atoms with Crippen molar-refractivity contribution in [2.24, 2.45) is 0 Å². The standard InChI is InChI=1S/C31H32N2O4/c1-21-8-7-9-23(16-21)32-12-14-33(15-13-32)31(34)17-22(2)25-18-26-27(20-37-30(26)19-29(25)36-4)24-10-5-6-11-28(24)35-3/h5-11,16-20H,12-15H2,1-4H3/b22-17+. The predicted molar refractivity (Wildman–Crippen MR) is 148 cm³/mol. The molecule has 190 valence electrons. The van der Waals surface area contributed by atoms with E-state index in [0.717, 1.165) is 46.5 Å². The number of amides is 1. The van der Waals surface area contributed by atoms with Crippen LogP contribution in [0.1, 0.15) is 18.1 Å². The maximum atomic E-state index is 13.2. The maximum Gasteiger partial charge on any atom is 0.246 e. The third-order valence-electron chi connectivity index (χ3n) is 7.02. The van der Waals surface area contributed by atoms with Gasteiger partial charge in [-0.05, 0) is 49.2 Å². The summed E-state index contributed by atoms with van der Waals surface area (Å²) in [6.07, 6.45) is 3.46. The number of methoxy groups -OCH3 is 2. The van der Waals surface area contributed by atoms with Crippen molar-refractivity contribution in [1.29, 1.82) is 0 Å². The van der Waals surface area contributed by atoms with Gasteiger partial charge >= 0.3 is 0 Å². The first-order chi connectivity index (χ1) is 18.0. The lowest BCUT2D eigenvalue weighted by Crippen LogP contribution is -2.48. The number of ether oxygens (including phenoxy) is 2. The number of furan rings is 1. The number of fused-ring (bicyclic) bond motifs is 1. The fourth-order valence-corrected chi connectivity index (χ4v) is 4.97. The largest absolute Gasteiger partial charge is 0.496 e. The Kier molecular flexibility index (Phi) is 6.91. The summed E-state index contributed by atoms with van der Waals surface area (Å²) in [5.74, 6) is 1.45. The van der Waals surface area contributed by atoms with Crippen molar-refractivity contribution in [3.63, 3.8) is 0 Å². The molecule has 1 aliphatic heterocycles. The maximum absolute atomic E-state index is 13.2. The molecular weight excluding hydrogens is 464 g/mol. The van der Waals surface area contributed by atoms with E-state index in [0.29, 0.717) is 24.4 Å². The molecule has 0 saturated carbocycles. The van der Waals surface area contributed by atoms with Crippen molar-refractivity contribution in [2.45, 2.75) is 13.8 Å². The van der Waals surface area contributed by atoms with Gasteiger partial charge in [0.15, 0.2) is 0 Å². The molecule has 0 aliphatic carbocycles. The molecule has 37 heavy (non-hydrogen) atoms. The van der Waals surface area contributed by atoms with Crippen LogP contribution in [-0.2, 0) is 4.79 Å². The van der Waals surface area contributed by atoms with Gasteiger partial charge in [0, 0.05) is 66.1 Å². The molecule has 0 radical (unpaired) electrons. The smallest absolute Gasteiger partial charge is 0.246 e. The van der Waals surface area contributed by atoms with Crippen LogP contribution < -0.4 is 14.4 Å². The number of carbonyl (C=O) groups excluding carboxylic acids is 1. The van der Waals surface area contributed by atoms with Gasteiger partial charge in [-0.1, -0.05) is 30.3 Å². The number of anilines is 1. The Morgan fingerprint density at radius 3 is 2.38 bits per heavy atom. The fourth-order valence-electron chi connectivity index (χ4n) is 4.97. The lowest BCUT2D eigenvalue weighted by Gasteiger charge is -2.36. The van der Waals surface area contributed by atoms with Gasteiger partial charge in [0.05, 0.1) is 20.5 Å². The van der Waals surface area contributed by atoms with Crippen LogP contribution in [0.15, 0.2) is 77.4 Å². The van der Waals surface area contributed by atoms with E-state index >= 15 is 0 Å². The van der Waals surface area contributed by atoms with Gasteiger partial charge in [0.1, 0.15) is 17.1 Å². The normalized spacial score (nSPS) is 14.2. The number of hydrogen-bond acceptors (Lipinski definition) is 5. The Hall–Kier alpha value is -4.19. The Morgan fingerprint density at radius 1 is 0.892 bits per heavy atom. The van der Waals surface area contributed by atoms with E-state index in [1.54, 1.807) is 26.6 Å². The number of piperazine rings is 1. The second-order valence-corrected chi connectivity index (χ2v) is 9.38. The van der Waals surface area contributed by atoms with Crippen molar-refractivity contribution in [3.05, 3.63) is 84.1 Å². The summed E-state index contributed by atoms with van der Waals surface area (Å²) in [5, 5.41) is 0.937. The fraction of sp³-hybridized carbons (Fsp3) is 0.258. The number of aryl methyl sites for hydroxylation is 1. The van der Waals surface area contributed by atoms with E-state index in [1.165, 1.54) is 11.3 Å². The number of allylic oxidation sites excluding steroid dienone is 1. The first-order valence-corrected chi connectivity index (χ1v) is 12.5. The summed E-state index contributed by atoms with van der Waals surface area (Å²) in [6, 6.07) is 20.3. The monoisotopic (exact) mass is 496 g/mol. The number of para-hydroxylation sites is 1. The van der Waals surface area contributed by atoms with Crippen molar-refractivity contribution in [3.8, 4) is 22.6 Å². The summed E-state index contributed by atoms with van der Waals surface area (Å²) in [7, 11) is 3.29. The average molecular weight is 497 g/mol. The summed E-state index contributed by atoms with van der Waals surface area (Å²) in [6.45, 7) is 7.06. The van der Waals surface area contributed by atoms with Crippen LogP contribution >= 0.6 is 0 Å². The first-order valence-electron chi connectivity index (χ1n) is 12.5. The van der Waals surface area contributed by atoms with E-state index in [9.17, 15) is 4.79 Å². The number of rotatable bonds is 6. The molecular formula is C31H32N2O4. The van der Waals surface area contributed by atoms with Crippen LogP contribution in [0.3, 0.4) is 0 Å². The van der Waals surface area contributed by atoms with Gasteiger partial charge in [-0.3, -0.25) is 4.79 Å².